The summed E-state index contributed by atoms with van der Waals surface area (Å²) in [5.74, 6) is 1.38. The molecule has 1 aliphatic heterocycles. The van der Waals surface area contributed by atoms with Crippen LogP contribution in [0.3, 0.4) is 0 Å². The molecule has 0 unspecified atom stereocenters. The lowest BCUT2D eigenvalue weighted by Crippen LogP contribution is -2.27. The van der Waals surface area contributed by atoms with Crippen molar-refractivity contribution < 1.29 is 4.74 Å². The van der Waals surface area contributed by atoms with Crippen LogP contribution in [-0.4, -0.2) is 47.5 Å². The van der Waals surface area contributed by atoms with Gasteiger partial charge in [0, 0.05) is 25.3 Å². The molecule has 6 heteroatoms. The summed E-state index contributed by atoms with van der Waals surface area (Å²) in [4.78, 5) is 19.4. The van der Waals surface area contributed by atoms with Crippen LogP contribution in [0.15, 0.2) is 40.3 Å². The molecule has 1 aromatic carbocycles. The van der Waals surface area contributed by atoms with Gasteiger partial charge in [0.2, 0.25) is 5.88 Å². The smallest absolute Gasteiger partial charge is 0.261 e. The summed E-state index contributed by atoms with van der Waals surface area (Å²) in [6.07, 6.45) is 0.551. The SMILES string of the molecule is CN(C)CCOc1nc2n(c(=O)c1Cc1ccccc1)CCS2. The Morgan fingerprint density at radius 3 is 2.83 bits per heavy atom. The van der Waals surface area contributed by atoms with Gasteiger partial charge in [0.25, 0.3) is 5.56 Å². The van der Waals surface area contributed by atoms with Gasteiger partial charge in [0.05, 0.1) is 5.56 Å². The summed E-state index contributed by atoms with van der Waals surface area (Å²) in [7, 11) is 3.99. The highest BCUT2D eigenvalue weighted by atomic mass is 32.2. The Labute approximate surface area is 140 Å². The third-order valence-corrected chi connectivity index (χ3v) is 4.69. The lowest BCUT2D eigenvalue weighted by Gasteiger charge is -2.14. The number of hydrogen-bond acceptors (Lipinski definition) is 5. The molecule has 0 aliphatic carbocycles. The van der Waals surface area contributed by atoms with Crippen LogP contribution in [-0.2, 0) is 13.0 Å². The Morgan fingerprint density at radius 2 is 2.09 bits per heavy atom. The van der Waals surface area contributed by atoms with Crippen molar-refractivity contribution in [2.75, 3.05) is 33.0 Å². The van der Waals surface area contributed by atoms with Crippen molar-refractivity contribution in [3.05, 3.63) is 51.8 Å². The molecule has 5 nitrogen and oxygen atoms in total. The summed E-state index contributed by atoms with van der Waals surface area (Å²) in [5, 5.41) is 0.770. The van der Waals surface area contributed by atoms with Gasteiger partial charge >= 0.3 is 0 Å². The van der Waals surface area contributed by atoms with Gasteiger partial charge in [-0.2, -0.15) is 4.98 Å². The van der Waals surface area contributed by atoms with E-state index in [4.69, 9.17) is 4.74 Å². The lowest BCUT2D eigenvalue weighted by atomic mass is 10.1. The van der Waals surface area contributed by atoms with E-state index >= 15 is 0 Å². The Morgan fingerprint density at radius 1 is 1.30 bits per heavy atom. The molecule has 2 aromatic rings. The molecule has 0 amide bonds. The maximum atomic E-state index is 12.8. The maximum Gasteiger partial charge on any atom is 0.261 e. The molecule has 0 radical (unpaired) electrons. The standard InChI is InChI=1S/C17H21N3O2S/c1-19(2)8-10-22-15-14(12-13-6-4-3-5-7-13)16(21)20-9-11-23-17(20)18-15/h3-7H,8-12H2,1-2H3. The molecule has 1 aromatic heterocycles. The highest BCUT2D eigenvalue weighted by Crippen LogP contribution is 2.26. The van der Waals surface area contributed by atoms with E-state index in [9.17, 15) is 4.79 Å². The van der Waals surface area contributed by atoms with Crippen LogP contribution in [0.5, 0.6) is 5.88 Å². The fraction of sp³-hybridized carbons (Fsp3) is 0.412. The van der Waals surface area contributed by atoms with Gasteiger partial charge in [-0.15, -0.1) is 0 Å². The monoisotopic (exact) mass is 331 g/mol. The number of benzene rings is 1. The summed E-state index contributed by atoms with van der Waals surface area (Å²) in [5.41, 5.74) is 1.78. The van der Waals surface area contributed by atoms with E-state index in [1.165, 1.54) is 0 Å². The van der Waals surface area contributed by atoms with Crippen molar-refractivity contribution >= 4 is 11.8 Å². The number of ether oxygens (including phenoxy) is 1. The van der Waals surface area contributed by atoms with Gasteiger partial charge in [-0.25, -0.2) is 0 Å². The molecule has 0 fully saturated rings. The molecule has 0 saturated carbocycles. The highest BCUT2D eigenvalue weighted by Gasteiger charge is 2.21. The number of thioether (sulfide) groups is 1. The number of likely N-dealkylation sites (N-methyl/N-ethyl adjacent to an activating group) is 1. The number of fused-ring (bicyclic) bond motifs is 1. The van der Waals surface area contributed by atoms with Crippen molar-refractivity contribution in [3.8, 4) is 5.88 Å². The van der Waals surface area contributed by atoms with Crippen molar-refractivity contribution in [2.45, 2.75) is 18.1 Å². The minimum atomic E-state index is 0.0312. The minimum absolute atomic E-state index is 0.0312. The van der Waals surface area contributed by atoms with Gasteiger partial charge in [-0.05, 0) is 19.7 Å². The molecule has 0 saturated heterocycles. The zero-order chi connectivity index (χ0) is 16.2. The van der Waals surface area contributed by atoms with Gasteiger partial charge in [-0.1, -0.05) is 42.1 Å². The summed E-state index contributed by atoms with van der Waals surface area (Å²) >= 11 is 1.61. The molecule has 0 spiro atoms. The van der Waals surface area contributed by atoms with E-state index in [0.29, 0.717) is 24.5 Å². The third-order valence-electron chi connectivity index (χ3n) is 3.74. The van der Waals surface area contributed by atoms with E-state index in [1.54, 1.807) is 16.3 Å². The summed E-state index contributed by atoms with van der Waals surface area (Å²) in [6, 6.07) is 9.99. The zero-order valence-corrected chi connectivity index (χ0v) is 14.3. The highest BCUT2D eigenvalue weighted by molar-refractivity contribution is 7.99. The van der Waals surface area contributed by atoms with Gasteiger partial charge in [-0.3, -0.25) is 9.36 Å². The zero-order valence-electron chi connectivity index (χ0n) is 13.5. The molecular formula is C17H21N3O2S. The van der Waals surface area contributed by atoms with E-state index in [1.807, 2.05) is 49.3 Å². The molecular weight excluding hydrogens is 310 g/mol. The molecule has 122 valence electrons. The normalized spacial score (nSPS) is 13.3. The Balaban J connectivity index is 1.92. The van der Waals surface area contributed by atoms with E-state index < -0.39 is 0 Å². The molecule has 2 heterocycles. The van der Waals surface area contributed by atoms with E-state index in [-0.39, 0.29) is 5.56 Å². The average Bonchev–Trinajstić information content (AvgIpc) is 3.00. The first kappa shape index (κ1) is 16.1. The van der Waals surface area contributed by atoms with Crippen LogP contribution in [0, 0.1) is 0 Å². The van der Waals surface area contributed by atoms with Crippen LogP contribution < -0.4 is 10.3 Å². The minimum Gasteiger partial charge on any atom is -0.476 e. The number of rotatable bonds is 6. The topological polar surface area (TPSA) is 47.4 Å². The number of nitrogens with zero attached hydrogens (tertiary/aromatic N) is 3. The van der Waals surface area contributed by atoms with Crippen molar-refractivity contribution in [3.63, 3.8) is 0 Å². The van der Waals surface area contributed by atoms with Gasteiger partial charge in [0.1, 0.15) is 6.61 Å². The number of hydrogen-bond donors (Lipinski definition) is 0. The molecule has 23 heavy (non-hydrogen) atoms. The Hall–Kier alpha value is -1.79. The number of aromatic nitrogens is 2. The second kappa shape index (κ2) is 7.19. The second-order valence-electron chi connectivity index (χ2n) is 5.80. The maximum absolute atomic E-state index is 12.8. The predicted molar refractivity (Wildman–Crippen MR) is 92.5 cm³/mol. The van der Waals surface area contributed by atoms with Crippen molar-refractivity contribution in [1.29, 1.82) is 0 Å². The van der Waals surface area contributed by atoms with Gasteiger partial charge < -0.3 is 9.64 Å². The first-order valence-corrected chi connectivity index (χ1v) is 8.71. The van der Waals surface area contributed by atoms with E-state index in [0.717, 1.165) is 29.6 Å². The van der Waals surface area contributed by atoms with Gasteiger partial charge in [0.15, 0.2) is 5.16 Å². The third kappa shape index (κ3) is 3.76. The Bertz CT molecular complexity index is 729. The van der Waals surface area contributed by atoms with Crippen molar-refractivity contribution in [2.24, 2.45) is 0 Å². The first-order chi connectivity index (χ1) is 11.1. The fourth-order valence-electron chi connectivity index (χ4n) is 2.49. The fourth-order valence-corrected chi connectivity index (χ4v) is 3.42. The van der Waals surface area contributed by atoms with Crippen LogP contribution >= 0.6 is 11.8 Å². The summed E-state index contributed by atoms with van der Waals surface area (Å²) < 4.78 is 7.61. The van der Waals surface area contributed by atoms with E-state index in [2.05, 4.69) is 4.98 Å². The molecule has 3 rings (SSSR count). The predicted octanol–water partition coefficient (Wildman–Crippen LogP) is 1.88. The Kier molecular flexibility index (Phi) is 5.03. The van der Waals surface area contributed by atoms with Crippen LogP contribution in [0.4, 0.5) is 0 Å². The lowest BCUT2D eigenvalue weighted by molar-refractivity contribution is 0.248. The first-order valence-electron chi connectivity index (χ1n) is 7.73. The average molecular weight is 331 g/mol. The van der Waals surface area contributed by atoms with Crippen LogP contribution in [0.25, 0.3) is 0 Å². The van der Waals surface area contributed by atoms with Crippen molar-refractivity contribution in [1.82, 2.24) is 14.5 Å². The molecule has 0 N–H and O–H groups in total. The second-order valence-corrected chi connectivity index (χ2v) is 6.86. The summed E-state index contributed by atoms with van der Waals surface area (Å²) in [6.45, 7) is 2.04. The largest absolute Gasteiger partial charge is 0.476 e. The molecule has 0 bridgehead atoms. The van der Waals surface area contributed by atoms with Crippen LogP contribution in [0.1, 0.15) is 11.1 Å². The molecule has 1 aliphatic rings. The quantitative estimate of drug-likeness (QED) is 0.757. The molecule has 0 atom stereocenters. The van der Waals surface area contributed by atoms with Crippen LogP contribution in [0.2, 0.25) is 0 Å².